The fraction of sp³-hybridized carbons (Fsp3) is 0.400. The average molecular weight is 367 g/mol. The highest BCUT2D eigenvalue weighted by Crippen LogP contribution is 2.32. The molecule has 2 nitrogen and oxygen atoms in total. The van der Waals surface area contributed by atoms with Gasteiger partial charge in [0.15, 0.2) is 0 Å². The molecule has 2 aromatic rings. The molecule has 4 heteroatoms. The van der Waals surface area contributed by atoms with Gasteiger partial charge in [-0.1, -0.05) is 50.0 Å². The van der Waals surface area contributed by atoms with E-state index in [-0.39, 0.29) is 5.92 Å². The summed E-state index contributed by atoms with van der Waals surface area (Å²) in [7, 11) is 1.67. The highest BCUT2D eigenvalue weighted by atomic mass is 35.5. The van der Waals surface area contributed by atoms with Crippen molar-refractivity contribution >= 4 is 23.2 Å². The van der Waals surface area contributed by atoms with Crippen molar-refractivity contribution in [3.05, 3.63) is 57.6 Å². The summed E-state index contributed by atoms with van der Waals surface area (Å²) < 4.78 is 11.3. The molecule has 1 unspecified atom stereocenters. The average Bonchev–Trinajstić information content (AvgIpc) is 2.55. The largest absolute Gasteiger partial charge is 0.496 e. The van der Waals surface area contributed by atoms with Crippen molar-refractivity contribution in [1.82, 2.24) is 0 Å². The Morgan fingerprint density at radius 1 is 0.958 bits per heavy atom. The zero-order valence-electron chi connectivity index (χ0n) is 14.6. The van der Waals surface area contributed by atoms with Crippen LogP contribution in [-0.4, -0.2) is 13.7 Å². The van der Waals surface area contributed by atoms with Crippen LogP contribution in [0.1, 0.15) is 50.2 Å². The van der Waals surface area contributed by atoms with E-state index in [2.05, 4.69) is 26.8 Å². The summed E-state index contributed by atoms with van der Waals surface area (Å²) in [5.41, 5.74) is 2.30. The highest BCUT2D eigenvalue weighted by molar-refractivity contribution is 6.32. The monoisotopic (exact) mass is 366 g/mol. The molecule has 0 fully saturated rings. The molecule has 0 aromatic heterocycles. The minimum absolute atomic E-state index is 0.271. The van der Waals surface area contributed by atoms with Gasteiger partial charge in [-0.25, -0.2) is 0 Å². The molecule has 0 aliphatic heterocycles. The fourth-order valence-electron chi connectivity index (χ4n) is 2.58. The molecule has 0 heterocycles. The summed E-state index contributed by atoms with van der Waals surface area (Å²) >= 11 is 12.4. The minimum Gasteiger partial charge on any atom is -0.496 e. The Morgan fingerprint density at radius 3 is 2.29 bits per heavy atom. The van der Waals surface area contributed by atoms with Crippen LogP contribution < -0.4 is 9.47 Å². The number of benzene rings is 2. The number of hydrogen-bond acceptors (Lipinski definition) is 2. The first kappa shape index (κ1) is 19.0. The van der Waals surface area contributed by atoms with E-state index in [0.29, 0.717) is 22.6 Å². The van der Waals surface area contributed by atoms with E-state index in [1.807, 2.05) is 30.3 Å². The van der Waals surface area contributed by atoms with Gasteiger partial charge in [0, 0.05) is 5.02 Å². The molecule has 24 heavy (non-hydrogen) atoms. The Balaban J connectivity index is 1.98. The van der Waals surface area contributed by atoms with Gasteiger partial charge in [0.2, 0.25) is 0 Å². The standard InChI is InChI=1S/C20H24Cl2O2/c1-13(2)15-5-7-20(18(22)11-15)24-10-9-14(3)17-12-16(21)6-8-19(17)23-4/h5-8,11-14H,9-10H2,1-4H3. The Hall–Kier alpha value is -1.38. The third-order valence-corrected chi connectivity index (χ3v) is 4.68. The molecule has 0 spiro atoms. The van der Waals surface area contributed by atoms with Crippen LogP contribution in [0.5, 0.6) is 11.5 Å². The maximum absolute atomic E-state index is 6.31. The first-order chi connectivity index (χ1) is 11.4. The van der Waals surface area contributed by atoms with Crippen molar-refractivity contribution in [3.63, 3.8) is 0 Å². The molecule has 0 N–H and O–H groups in total. The lowest BCUT2D eigenvalue weighted by molar-refractivity contribution is 0.299. The highest BCUT2D eigenvalue weighted by Gasteiger charge is 2.13. The molecule has 0 aliphatic rings. The van der Waals surface area contributed by atoms with Gasteiger partial charge in [-0.15, -0.1) is 0 Å². The third-order valence-electron chi connectivity index (χ3n) is 4.15. The zero-order valence-corrected chi connectivity index (χ0v) is 16.1. The molecule has 2 aromatic carbocycles. The maximum atomic E-state index is 6.31. The number of halogens is 2. The van der Waals surface area contributed by atoms with Crippen molar-refractivity contribution in [2.75, 3.05) is 13.7 Å². The Bertz CT molecular complexity index is 683. The molecule has 0 aliphatic carbocycles. The third kappa shape index (κ3) is 4.81. The lowest BCUT2D eigenvalue weighted by Gasteiger charge is -2.17. The van der Waals surface area contributed by atoms with Gasteiger partial charge in [0.05, 0.1) is 18.7 Å². The zero-order chi connectivity index (χ0) is 17.7. The number of rotatable bonds is 7. The normalized spacial score (nSPS) is 12.3. The summed E-state index contributed by atoms with van der Waals surface area (Å²) in [6.07, 6.45) is 0.846. The van der Waals surface area contributed by atoms with Crippen LogP contribution in [-0.2, 0) is 0 Å². The van der Waals surface area contributed by atoms with Gasteiger partial charge >= 0.3 is 0 Å². The van der Waals surface area contributed by atoms with E-state index in [0.717, 1.165) is 23.5 Å². The first-order valence-electron chi connectivity index (χ1n) is 8.18. The molecule has 0 bridgehead atoms. The summed E-state index contributed by atoms with van der Waals surface area (Å²) in [5.74, 6) is 2.30. The summed E-state index contributed by atoms with van der Waals surface area (Å²) in [6.45, 7) is 7.01. The van der Waals surface area contributed by atoms with Crippen molar-refractivity contribution in [2.24, 2.45) is 0 Å². The predicted octanol–water partition coefficient (Wildman–Crippen LogP) is 6.70. The van der Waals surface area contributed by atoms with Crippen molar-refractivity contribution in [1.29, 1.82) is 0 Å². The van der Waals surface area contributed by atoms with Gasteiger partial charge in [0.25, 0.3) is 0 Å². The quantitative estimate of drug-likeness (QED) is 0.542. The SMILES string of the molecule is COc1ccc(Cl)cc1C(C)CCOc1ccc(C(C)C)cc1Cl. The van der Waals surface area contributed by atoms with E-state index >= 15 is 0 Å². The Kier molecular flexibility index (Phi) is 6.82. The molecule has 1 atom stereocenters. The molecule has 0 saturated carbocycles. The van der Waals surface area contributed by atoms with Gasteiger partial charge in [-0.3, -0.25) is 0 Å². The minimum atomic E-state index is 0.271. The van der Waals surface area contributed by atoms with E-state index in [1.54, 1.807) is 7.11 Å². The van der Waals surface area contributed by atoms with Gasteiger partial charge < -0.3 is 9.47 Å². The topological polar surface area (TPSA) is 18.5 Å². The molecule has 0 radical (unpaired) electrons. The predicted molar refractivity (Wildman–Crippen MR) is 102 cm³/mol. The van der Waals surface area contributed by atoms with E-state index in [9.17, 15) is 0 Å². The molecule has 0 saturated heterocycles. The van der Waals surface area contributed by atoms with Crippen molar-refractivity contribution in [2.45, 2.75) is 39.0 Å². The smallest absolute Gasteiger partial charge is 0.137 e. The molecule has 0 amide bonds. The van der Waals surface area contributed by atoms with Crippen LogP contribution >= 0.6 is 23.2 Å². The first-order valence-corrected chi connectivity index (χ1v) is 8.93. The summed E-state index contributed by atoms with van der Waals surface area (Å²) in [5, 5.41) is 1.38. The van der Waals surface area contributed by atoms with E-state index in [1.165, 1.54) is 5.56 Å². The van der Waals surface area contributed by atoms with Crippen LogP contribution in [0, 0.1) is 0 Å². The Morgan fingerprint density at radius 2 is 1.67 bits per heavy atom. The number of methoxy groups -OCH3 is 1. The lowest BCUT2D eigenvalue weighted by Crippen LogP contribution is -2.05. The van der Waals surface area contributed by atoms with Gasteiger partial charge in [-0.05, 0) is 59.7 Å². The molecule has 130 valence electrons. The second kappa shape index (κ2) is 8.64. The van der Waals surface area contributed by atoms with E-state index in [4.69, 9.17) is 32.7 Å². The molecular formula is C20H24Cl2O2. The van der Waals surface area contributed by atoms with Crippen LogP contribution in [0.15, 0.2) is 36.4 Å². The van der Waals surface area contributed by atoms with E-state index < -0.39 is 0 Å². The second-order valence-corrected chi connectivity index (χ2v) is 7.11. The lowest BCUT2D eigenvalue weighted by atomic mass is 9.97. The second-order valence-electron chi connectivity index (χ2n) is 6.27. The maximum Gasteiger partial charge on any atom is 0.137 e. The number of ether oxygens (including phenoxy) is 2. The summed E-state index contributed by atoms with van der Waals surface area (Å²) in [6, 6.07) is 11.7. The van der Waals surface area contributed by atoms with Crippen LogP contribution in [0.3, 0.4) is 0 Å². The van der Waals surface area contributed by atoms with Crippen molar-refractivity contribution < 1.29 is 9.47 Å². The number of hydrogen-bond donors (Lipinski definition) is 0. The molecular weight excluding hydrogens is 343 g/mol. The summed E-state index contributed by atoms with van der Waals surface area (Å²) in [4.78, 5) is 0. The Labute approximate surface area is 154 Å². The fourth-order valence-corrected chi connectivity index (χ4v) is 3.01. The van der Waals surface area contributed by atoms with Crippen LogP contribution in [0.25, 0.3) is 0 Å². The van der Waals surface area contributed by atoms with Gasteiger partial charge in [0.1, 0.15) is 11.5 Å². The van der Waals surface area contributed by atoms with Crippen LogP contribution in [0.4, 0.5) is 0 Å². The molecule has 2 rings (SSSR count). The van der Waals surface area contributed by atoms with Crippen LogP contribution in [0.2, 0.25) is 10.0 Å². The van der Waals surface area contributed by atoms with Gasteiger partial charge in [-0.2, -0.15) is 0 Å². The van der Waals surface area contributed by atoms with Crippen molar-refractivity contribution in [3.8, 4) is 11.5 Å².